The number of aryl methyl sites for hydroxylation is 1. The molecule has 0 amide bonds. The molecule has 2 heterocycles. The molecule has 0 unspecified atom stereocenters. The molecule has 40 heavy (non-hydrogen) atoms. The first-order valence-corrected chi connectivity index (χ1v) is 15.6. The van der Waals surface area contributed by atoms with Crippen molar-refractivity contribution in [3.8, 4) is 11.5 Å². The second-order valence-corrected chi connectivity index (χ2v) is 11.4. The van der Waals surface area contributed by atoms with E-state index in [1.807, 2.05) is 59.2 Å². The molecule has 10 nitrogen and oxygen atoms in total. The van der Waals surface area contributed by atoms with Crippen molar-refractivity contribution < 1.29 is 46.0 Å². The van der Waals surface area contributed by atoms with Gasteiger partial charge in [-0.1, -0.05) is 29.5 Å². The van der Waals surface area contributed by atoms with Gasteiger partial charge in [-0.15, -0.1) is 0 Å². The highest BCUT2D eigenvalue weighted by atomic mass is 32.2. The minimum Gasteiger partial charge on any atom is -0.748 e. The van der Waals surface area contributed by atoms with E-state index in [1.165, 1.54) is 0 Å². The molecule has 1 aromatic heterocycles. The number of thiazole rings is 1. The van der Waals surface area contributed by atoms with Crippen LogP contribution in [0.25, 0.3) is 22.4 Å². The minimum atomic E-state index is -4.26. The van der Waals surface area contributed by atoms with Crippen LogP contribution in [0.2, 0.25) is 0 Å². The first-order chi connectivity index (χ1) is 19.5. The maximum Gasteiger partial charge on any atom is 0.262 e. The van der Waals surface area contributed by atoms with E-state index in [0.29, 0.717) is 84.1 Å². The molecular weight excluding hydrogens is 558 g/mol. The zero-order chi connectivity index (χ0) is 28.0. The second kappa shape index (κ2) is 16.0. The van der Waals surface area contributed by atoms with Crippen molar-refractivity contribution >= 4 is 43.8 Å². The maximum atomic E-state index is 11.1. The molecule has 0 fully saturated rings. The molecule has 0 aliphatic carbocycles. The van der Waals surface area contributed by atoms with Crippen molar-refractivity contribution in [2.75, 3.05) is 71.8 Å². The van der Waals surface area contributed by atoms with E-state index < -0.39 is 15.9 Å². The zero-order valence-corrected chi connectivity index (χ0v) is 24.0. The highest BCUT2D eigenvalue weighted by Gasteiger charge is 2.18. The SMILES string of the molecule is O=S(=O)([O-])CCC[n+]1c(/C=C/c2ccc3c(c2)OCCOCCOCCOCCOCCO3)sc2ccccc21. The lowest BCUT2D eigenvalue weighted by Crippen LogP contribution is -2.35. The van der Waals surface area contributed by atoms with Crippen LogP contribution in [0.3, 0.4) is 0 Å². The van der Waals surface area contributed by atoms with Gasteiger partial charge in [-0.25, -0.2) is 8.42 Å². The van der Waals surface area contributed by atoms with Crippen LogP contribution in [-0.4, -0.2) is 84.8 Å². The molecule has 0 atom stereocenters. The normalized spacial score (nSPS) is 17.0. The van der Waals surface area contributed by atoms with Gasteiger partial charge in [-0.2, -0.15) is 4.57 Å². The summed E-state index contributed by atoms with van der Waals surface area (Å²) in [6.45, 7) is 4.91. The molecular formula is C28H35NO9S2. The fourth-order valence-electron chi connectivity index (χ4n) is 4.02. The maximum absolute atomic E-state index is 11.1. The third-order valence-electron chi connectivity index (χ3n) is 5.89. The molecule has 0 spiro atoms. The standard InChI is InChI=1S/C28H35NO9S2/c30-40(31,32)21-3-10-29-24-4-1-2-5-27(24)39-28(29)9-7-23-6-8-25-26(22-23)38-20-18-36-16-14-34-12-11-33-13-15-35-17-19-37-25/h1-2,4-9,22H,3,10-21H2/b9-7+. The zero-order valence-electron chi connectivity index (χ0n) is 22.3. The average molecular weight is 594 g/mol. The van der Waals surface area contributed by atoms with Crippen LogP contribution in [0, 0.1) is 0 Å². The van der Waals surface area contributed by atoms with Crippen molar-refractivity contribution in [1.82, 2.24) is 0 Å². The number of rotatable bonds is 6. The molecule has 218 valence electrons. The molecule has 3 aromatic rings. The summed E-state index contributed by atoms with van der Waals surface area (Å²) < 4.78 is 70.5. The summed E-state index contributed by atoms with van der Waals surface area (Å²) in [6.07, 6.45) is 4.20. The lowest BCUT2D eigenvalue weighted by atomic mass is 10.2. The van der Waals surface area contributed by atoms with E-state index in [2.05, 4.69) is 0 Å². The third-order valence-corrected chi connectivity index (χ3v) is 7.80. The summed E-state index contributed by atoms with van der Waals surface area (Å²) in [5, 5.41) is 0.942. The van der Waals surface area contributed by atoms with Crippen LogP contribution >= 0.6 is 11.3 Å². The van der Waals surface area contributed by atoms with E-state index in [9.17, 15) is 13.0 Å². The van der Waals surface area contributed by atoms with Crippen molar-refractivity contribution in [3.63, 3.8) is 0 Å². The number of nitrogens with zero attached hydrogens (tertiary/aromatic N) is 1. The highest BCUT2D eigenvalue weighted by molar-refractivity contribution is 7.85. The molecule has 0 saturated heterocycles. The Morgan fingerprint density at radius 2 is 1.38 bits per heavy atom. The predicted molar refractivity (Wildman–Crippen MR) is 151 cm³/mol. The van der Waals surface area contributed by atoms with Gasteiger partial charge in [-0.3, -0.25) is 0 Å². The fourth-order valence-corrected chi connectivity index (χ4v) is 5.59. The first-order valence-electron chi connectivity index (χ1n) is 13.2. The Labute approximate surface area is 238 Å². The van der Waals surface area contributed by atoms with Gasteiger partial charge in [0.1, 0.15) is 17.9 Å². The summed E-state index contributed by atoms with van der Waals surface area (Å²) in [4.78, 5) is 0. The molecule has 0 saturated carbocycles. The van der Waals surface area contributed by atoms with Gasteiger partial charge in [0.2, 0.25) is 5.52 Å². The Morgan fingerprint density at radius 3 is 2.02 bits per heavy atom. The van der Waals surface area contributed by atoms with E-state index in [-0.39, 0.29) is 6.42 Å². The van der Waals surface area contributed by atoms with Crippen molar-refractivity contribution in [2.24, 2.45) is 0 Å². The number of fused-ring (bicyclic) bond motifs is 2. The number of aromatic nitrogens is 1. The van der Waals surface area contributed by atoms with Gasteiger partial charge in [0.25, 0.3) is 5.01 Å². The topological polar surface area (TPSA) is 116 Å². The third kappa shape index (κ3) is 10.1. The van der Waals surface area contributed by atoms with Crippen LogP contribution < -0.4 is 14.0 Å². The molecule has 1 aliphatic rings. The second-order valence-electron chi connectivity index (χ2n) is 8.86. The van der Waals surface area contributed by atoms with Crippen molar-refractivity contribution in [2.45, 2.75) is 13.0 Å². The largest absolute Gasteiger partial charge is 0.748 e. The van der Waals surface area contributed by atoms with E-state index in [1.54, 1.807) is 11.3 Å². The van der Waals surface area contributed by atoms with Crippen LogP contribution in [0.15, 0.2) is 42.5 Å². The van der Waals surface area contributed by atoms with Gasteiger partial charge in [0.15, 0.2) is 18.0 Å². The molecule has 4 rings (SSSR count). The van der Waals surface area contributed by atoms with Gasteiger partial charge in [-0.05, 0) is 29.8 Å². The smallest absolute Gasteiger partial charge is 0.262 e. The lowest BCUT2D eigenvalue weighted by molar-refractivity contribution is -0.668. The molecule has 0 radical (unpaired) electrons. The van der Waals surface area contributed by atoms with Crippen LogP contribution in [0.5, 0.6) is 11.5 Å². The van der Waals surface area contributed by atoms with Gasteiger partial charge < -0.3 is 33.0 Å². The summed E-state index contributed by atoms with van der Waals surface area (Å²) in [7, 11) is -4.26. The van der Waals surface area contributed by atoms with Crippen LogP contribution in [0.1, 0.15) is 17.0 Å². The Bertz CT molecular complexity index is 1340. The first kappa shape index (κ1) is 30.4. The Balaban J connectivity index is 1.48. The molecule has 2 aromatic carbocycles. The Kier molecular flexibility index (Phi) is 12.2. The van der Waals surface area contributed by atoms with Gasteiger partial charge in [0, 0.05) is 24.3 Å². The summed E-state index contributed by atoms with van der Waals surface area (Å²) in [5.41, 5.74) is 1.90. The molecule has 12 heteroatoms. The Morgan fingerprint density at radius 1 is 0.775 bits per heavy atom. The van der Waals surface area contributed by atoms with Gasteiger partial charge >= 0.3 is 0 Å². The van der Waals surface area contributed by atoms with E-state index >= 15 is 0 Å². The highest BCUT2D eigenvalue weighted by Crippen LogP contribution is 2.30. The van der Waals surface area contributed by atoms with Crippen molar-refractivity contribution in [3.05, 3.63) is 53.0 Å². The number of hydrogen-bond acceptors (Lipinski definition) is 10. The Hall–Kier alpha value is -2.58. The van der Waals surface area contributed by atoms with Crippen LogP contribution in [-0.2, 0) is 35.6 Å². The fraction of sp³-hybridized carbons (Fsp3) is 0.464. The number of benzene rings is 2. The molecule has 0 N–H and O–H groups in total. The molecule has 0 bridgehead atoms. The summed E-state index contributed by atoms with van der Waals surface area (Å²) in [6, 6.07) is 13.6. The summed E-state index contributed by atoms with van der Waals surface area (Å²) in [5.74, 6) is 0.805. The van der Waals surface area contributed by atoms with E-state index in [4.69, 9.17) is 28.4 Å². The number of hydrogen-bond donors (Lipinski definition) is 0. The number of para-hydroxylation sites is 1. The lowest BCUT2D eigenvalue weighted by Gasteiger charge is -2.14. The number of ether oxygens (including phenoxy) is 6. The summed E-state index contributed by atoms with van der Waals surface area (Å²) >= 11 is 1.60. The van der Waals surface area contributed by atoms with E-state index in [0.717, 1.165) is 20.8 Å². The quantitative estimate of drug-likeness (QED) is 0.314. The average Bonchev–Trinajstić information content (AvgIpc) is 3.28. The predicted octanol–water partition coefficient (Wildman–Crippen LogP) is 3.13. The van der Waals surface area contributed by atoms with Crippen LogP contribution in [0.4, 0.5) is 0 Å². The molecule has 1 aliphatic heterocycles. The van der Waals surface area contributed by atoms with Gasteiger partial charge in [0.05, 0.1) is 63.0 Å². The monoisotopic (exact) mass is 593 g/mol. The van der Waals surface area contributed by atoms with Crippen molar-refractivity contribution in [1.29, 1.82) is 0 Å². The minimum absolute atomic E-state index is 0.243.